The molecule has 11 nitrogen and oxygen atoms in total. The molecule has 0 heterocycles. The fourth-order valence-electron chi connectivity index (χ4n) is 4.53. The SMILES string of the molecule is CC(=O)CC(=O)C(CO)C(CCO)CC1CC(=O)c2c(ccc(NC(=O)CCC(=O)O)c2O)C1.O.[HH].[HH]. The molecule has 198 valence electrons. The number of aromatic hydroxyl groups is 1. The molecule has 1 aliphatic carbocycles. The van der Waals surface area contributed by atoms with Crippen LogP contribution in [0.2, 0.25) is 0 Å². The van der Waals surface area contributed by atoms with Crippen molar-refractivity contribution in [2.45, 2.75) is 51.9 Å². The minimum absolute atomic E-state index is 0. The van der Waals surface area contributed by atoms with E-state index in [-0.39, 0.29) is 81.5 Å². The zero-order valence-corrected chi connectivity index (χ0v) is 19.6. The highest BCUT2D eigenvalue weighted by atomic mass is 16.4. The average molecular weight is 500 g/mol. The van der Waals surface area contributed by atoms with Gasteiger partial charge in [-0.1, -0.05) is 6.07 Å². The smallest absolute Gasteiger partial charge is 0.303 e. The van der Waals surface area contributed by atoms with Crippen molar-refractivity contribution in [3.8, 4) is 5.75 Å². The Labute approximate surface area is 205 Å². The van der Waals surface area contributed by atoms with Crippen LogP contribution in [0, 0.1) is 17.8 Å². The molecule has 0 saturated carbocycles. The lowest BCUT2D eigenvalue weighted by atomic mass is 9.73. The van der Waals surface area contributed by atoms with Crippen LogP contribution < -0.4 is 5.32 Å². The number of phenolic OH excluding ortho intramolecular Hbond substituents is 1. The number of carbonyl (C=O) groups is 5. The third kappa shape index (κ3) is 8.23. The van der Waals surface area contributed by atoms with E-state index in [2.05, 4.69) is 5.32 Å². The maximum absolute atomic E-state index is 12.9. The second-order valence-corrected chi connectivity index (χ2v) is 8.78. The molecule has 0 aromatic heterocycles. The van der Waals surface area contributed by atoms with E-state index < -0.39 is 36.1 Å². The van der Waals surface area contributed by atoms with Gasteiger partial charge in [-0.2, -0.15) is 0 Å². The summed E-state index contributed by atoms with van der Waals surface area (Å²) in [6, 6.07) is 3.05. The van der Waals surface area contributed by atoms with Crippen molar-refractivity contribution in [3.05, 3.63) is 23.3 Å². The summed E-state index contributed by atoms with van der Waals surface area (Å²) in [7, 11) is 0. The van der Waals surface area contributed by atoms with Crippen molar-refractivity contribution >= 4 is 34.9 Å². The molecule has 1 amide bonds. The van der Waals surface area contributed by atoms with Gasteiger partial charge in [-0.25, -0.2) is 0 Å². The number of carbonyl (C=O) groups excluding carboxylic acids is 4. The molecule has 0 radical (unpaired) electrons. The highest BCUT2D eigenvalue weighted by Gasteiger charge is 2.34. The zero-order valence-electron chi connectivity index (χ0n) is 19.6. The Morgan fingerprint density at radius 1 is 1.14 bits per heavy atom. The van der Waals surface area contributed by atoms with Crippen molar-refractivity contribution in [1.29, 1.82) is 0 Å². The minimum Gasteiger partial charge on any atom is -0.505 e. The van der Waals surface area contributed by atoms with Gasteiger partial charge in [-0.05, 0) is 49.7 Å². The molecular formula is C24H37NO10. The summed E-state index contributed by atoms with van der Waals surface area (Å²) in [5, 5.41) is 40.9. The van der Waals surface area contributed by atoms with Gasteiger partial charge in [0.2, 0.25) is 5.91 Å². The number of rotatable bonds is 13. The first kappa shape index (κ1) is 29.9. The van der Waals surface area contributed by atoms with E-state index in [4.69, 9.17) is 5.11 Å². The summed E-state index contributed by atoms with van der Waals surface area (Å²) in [5.74, 6) is -4.58. The van der Waals surface area contributed by atoms with Crippen molar-refractivity contribution in [2.24, 2.45) is 17.8 Å². The van der Waals surface area contributed by atoms with Crippen LogP contribution in [0.1, 0.15) is 64.2 Å². The molecule has 0 bridgehead atoms. The lowest BCUT2D eigenvalue weighted by molar-refractivity contribution is -0.138. The first-order chi connectivity index (χ1) is 16.1. The number of fused-ring (bicyclic) bond motifs is 1. The number of anilines is 1. The van der Waals surface area contributed by atoms with Gasteiger partial charge in [0.05, 0.1) is 30.7 Å². The van der Waals surface area contributed by atoms with Crippen LogP contribution in [-0.2, 0) is 25.6 Å². The van der Waals surface area contributed by atoms with Crippen molar-refractivity contribution in [3.63, 3.8) is 0 Å². The molecule has 1 aliphatic rings. The number of aliphatic hydroxyl groups is 2. The minimum atomic E-state index is -1.13. The van der Waals surface area contributed by atoms with Crippen LogP contribution in [0.3, 0.4) is 0 Å². The van der Waals surface area contributed by atoms with Crippen LogP contribution in [0.4, 0.5) is 5.69 Å². The number of aliphatic hydroxyl groups excluding tert-OH is 2. The zero-order chi connectivity index (χ0) is 25.4. The summed E-state index contributed by atoms with van der Waals surface area (Å²) >= 11 is 0. The summed E-state index contributed by atoms with van der Waals surface area (Å²) in [6.45, 7) is 0.622. The number of hydrogen-bond acceptors (Lipinski definition) is 8. The Balaban J connectivity index is 0. The molecule has 0 fully saturated rings. The number of phenols is 1. The molecule has 3 atom stereocenters. The summed E-state index contributed by atoms with van der Waals surface area (Å²) < 4.78 is 0. The second-order valence-electron chi connectivity index (χ2n) is 8.78. The number of amides is 1. The van der Waals surface area contributed by atoms with E-state index in [0.717, 1.165) is 0 Å². The van der Waals surface area contributed by atoms with Gasteiger partial charge >= 0.3 is 5.97 Å². The van der Waals surface area contributed by atoms with Crippen LogP contribution in [0.25, 0.3) is 0 Å². The highest BCUT2D eigenvalue weighted by Crippen LogP contribution is 2.39. The van der Waals surface area contributed by atoms with Crippen molar-refractivity contribution < 1.29 is 52.7 Å². The Bertz CT molecular complexity index is 969. The average Bonchev–Trinajstić information content (AvgIpc) is 2.74. The molecule has 3 unspecified atom stereocenters. The summed E-state index contributed by atoms with van der Waals surface area (Å²) in [4.78, 5) is 59.2. The maximum Gasteiger partial charge on any atom is 0.303 e. The van der Waals surface area contributed by atoms with Crippen molar-refractivity contribution in [1.82, 2.24) is 0 Å². The van der Waals surface area contributed by atoms with E-state index in [1.165, 1.54) is 13.0 Å². The van der Waals surface area contributed by atoms with Gasteiger partial charge in [0.1, 0.15) is 17.3 Å². The number of nitrogens with one attached hydrogen (secondary N) is 1. The van der Waals surface area contributed by atoms with Gasteiger partial charge in [0.15, 0.2) is 5.78 Å². The molecule has 0 saturated heterocycles. The Kier molecular flexibility index (Phi) is 11.7. The molecule has 1 aromatic carbocycles. The monoisotopic (exact) mass is 499 g/mol. The molecule has 0 spiro atoms. The summed E-state index contributed by atoms with van der Waals surface area (Å²) in [5.41, 5.74) is 0.687. The van der Waals surface area contributed by atoms with E-state index >= 15 is 0 Å². The molecule has 0 aliphatic heterocycles. The van der Waals surface area contributed by atoms with Gasteiger partial charge in [-0.15, -0.1) is 0 Å². The van der Waals surface area contributed by atoms with Crippen molar-refractivity contribution in [2.75, 3.05) is 18.5 Å². The quantitative estimate of drug-likeness (QED) is 0.194. The van der Waals surface area contributed by atoms with E-state index in [1.54, 1.807) is 6.07 Å². The molecule has 11 heteroatoms. The molecular weight excluding hydrogens is 462 g/mol. The highest BCUT2D eigenvalue weighted by molar-refractivity contribution is 6.04. The second kappa shape index (κ2) is 13.7. The number of benzene rings is 1. The number of hydrogen-bond donors (Lipinski definition) is 5. The normalized spacial score (nSPS) is 16.4. The standard InChI is InChI=1S/C24H31NO9.H2O.2H2/c1-13(28)8-19(29)17(12-27)15(6-7-26)9-14-10-16-2-3-18(24(34)23(16)20(30)11-14)25-21(31)4-5-22(32)33;;;/h2-3,14-15,17,26-27,34H,4-12H2,1H3,(H,25,31)(H,32,33);1H2;2*1H. The lowest BCUT2D eigenvalue weighted by Crippen LogP contribution is -2.32. The fraction of sp³-hybridized carbons (Fsp3) is 0.542. The van der Waals surface area contributed by atoms with E-state index in [1.807, 2.05) is 0 Å². The van der Waals surface area contributed by atoms with E-state index in [0.29, 0.717) is 18.4 Å². The number of carboxylic acids is 1. The van der Waals surface area contributed by atoms with Gasteiger partial charge in [0, 0.05) is 28.2 Å². The van der Waals surface area contributed by atoms with Crippen LogP contribution in [0.15, 0.2) is 12.1 Å². The molecule has 1 aromatic rings. The Morgan fingerprint density at radius 3 is 2.40 bits per heavy atom. The van der Waals surface area contributed by atoms with Gasteiger partial charge in [-0.3, -0.25) is 24.0 Å². The molecule has 2 rings (SSSR count). The van der Waals surface area contributed by atoms with E-state index in [9.17, 15) is 39.3 Å². The Hall–Kier alpha value is -3.15. The first-order valence-electron chi connectivity index (χ1n) is 11.2. The number of Topliss-reactive ketones (excluding diaryl/α,β-unsaturated/α-hetero) is 3. The third-order valence-electron chi connectivity index (χ3n) is 6.10. The fourth-order valence-corrected chi connectivity index (χ4v) is 4.53. The Morgan fingerprint density at radius 2 is 1.83 bits per heavy atom. The largest absolute Gasteiger partial charge is 0.505 e. The number of aliphatic carboxylic acids is 1. The number of carboxylic acid groups (broad SMARTS) is 1. The first-order valence-corrected chi connectivity index (χ1v) is 11.2. The van der Waals surface area contributed by atoms with Crippen LogP contribution in [0.5, 0.6) is 5.75 Å². The maximum atomic E-state index is 12.9. The molecule has 35 heavy (non-hydrogen) atoms. The van der Waals surface area contributed by atoms with Gasteiger partial charge in [0.25, 0.3) is 0 Å². The lowest BCUT2D eigenvalue weighted by Gasteiger charge is -2.31. The predicted octanol–water partition coefficient (Wildman–Crippen LogP) is 1.15. The molecule has 7 N–H and O–H groups in total. The predicted molar refractivity (Wildman–Crippen MR) is 128 cm³/mol. The summed E-state index contributed by atoms with van der Waals surface area (Å²) in [6.07, 6.45) is 0.142. The number of ketones is 3. The third-order valence-corrected chi connectivity index (χ3v) is 6.10. The van der Waals surface area contributed by atoms with Crippen LogP contribution >= 0.6 is 0 Å². The van der Waals surface area contributed by atoms with Crippen LogP contribution in [-0.4, -0.2) is 68.3 Å². The van der Waals surface area contributed by atoms with Gasteiger partial charge < -0.3 is 31.2 Å². The topological polar surface area (TPSA) is 210 Å².